The zero-order chi connectivity index (χ0) is 17.5. The minimum atomic E-state index is -3.35. The predicted octanol–water partition coefficient (Wildman–Crippen LogP) is 3.95. The first-order valence-electron chi connectivity index (χ1n) is 6.53. The Hall–Kier alpha value is -1.91. The number of anilines is 1. The third-order valence-electron chi connectivity index (χ3n) is 3.15. The third-order valence-corrected chi connectivity index (χ3v) is 6.12. The average molecular weight is 388 g/mol. The van der Waals surface area contributed by atoms with E-state index in [2.05, 4.69) is 10.3 Å². The fourth-order valence-corrected chi connectivity index (χ4v) is 4.44. The van der Waals surface area contributed by atoms with Gasteiger partial charge >= 0.3 is 0 Å². The fourth-order valence-electron chi connectivity index (χ4n) is 2.02. The zero-order valence-corrected chi connectivity index (χ0v) is 14.6. The monoisotopic (exact) mass is 388 g/mol. The van der Waals surface area contributed by atoms with Gasteiger partial charge in [0.15, 0.2) is 15.0 Å². The molecule has 1 N–H and O–H groups in total. The van der Waals surface area contributed by atoms with Gasteiger partial charge in [0, 0.05) is 11.8 Å². The highest BCUT2D eigenvalue weighted by Gasteiger charge is 2.21. The van der Waals surface area contributed by atoms with Crippen molar-refractivity contribution in [3.63, 3.8) is 0 Å². The molecule has 0 saturated heterocycles. The van der Waals surface area contributed by atoms with Crippen LogP contribution in [0.25, 0.3) is 10.2 Å². The summed E-state index contributed by atoms with van der Waals surface area (Å²) in [6.45, 7) is 0. The van der Waals surface area contributed by atoms with Gasteiger partial charge in [-0.15, -0.1) is 11.3 Å². The van der Waals surface area contributed by atoms with E-state index in [9.17, 15) is 22.0 Å². The van der Waals surface area contributed by atoms with Crippen molar-refractivity contribution >= 4 is 53.8 Å². The number of thiophene rings is 1. The number of fused-ring (bicyclic) bond motifs is 1. The summed E-state index contributed by atoms with van der Waals surface area (Å²) < 4.78 is 49.4. The van der Waals surface area contributed by atoms with E-state index in [1.807, 2.05) is 0 Å². The number of alkyl halides is 2. The molecule has 0 saturated carbocycles. The van der Waals surface area contributed by atoms with Gasteiger partial charge in [-0.1, -0.05) is 11.3 Å². The van der Waals surface area contributed by atoms with Crippen LogP contribution >= 0.6 is 22.7 Å². The Morgan fingerprint density at radius 2 is 2.04 bits per heavy atom. The summed E-state index contributed by atoms with van der Waals surface area (Å²) in [6.07, 6.45) is -1.63. The van der Waals surface area contributed by atoms with Gasteiger partial charge in [0.2, 0.25) is 0 Å². The molecule has 24 heavy (non-hydrogen) atoms. The van der Waals surface area contributed by atoms with Crippen LogP contribution in [0.3, 0.4) is 0 Å². The molecule has 0 aliphatic heterocycles. The number of hydrogen-bond donors (Lipinski definition) is 1. The van der Waals surface area contributed by atoms with Crippen LogP contribution in [0.2, 0.25) is 0 Å². The van der Waals surface area contributed by atoms with Crippen LogP contribution in [-0.4, -0.2) is 25.6 Å². The molecule has 3 aromatic rings. The molecule has 0 aliphatic rings. The van der Waals surface area contributed by atoms with E-state index in [1.54, 1.807) is 0 Å². The van der Waals surface area contributed by atoms with Gasteiger partial charge in [-0.25, -0.2) is 22.2 Å². The average Bonchev–Trinajstić information content (AvgIpc) is 3.11. The van der Waals surface area contributed by atoms with E-state index in [1.165, 1.54) is 29.6 Å². The highest BCUT2D eigenvalue weighted by molar-refractivity contribution is 7.90. The molecule has 0 aliphatic carbocycles. The molecule has 126 valence electrons. The smallest absolute Gasteiger partial charge is 0.268 e. The molecule has 0 radical (unpaired) electrons. The Kier molecular flexibility index (Phi) is 4.37. The number of rotatable bonds is 4. The molecular weight excluding hydrogens is 378 g/mol. The van der Waals surface area contributed by atoms with E-state index in [0.29, 0.717) is 10.2 Å². The summed E-state index contributed by atoms with van der Waals surface area (Å²) in [6, 6.07) is 5.64. The van der Waals surface area contributed by atoms with Gasteiger partial charge in [-0.3, -0.25) is 10.1 Å². The minimum absolute atomic E-state index is 0.0684. The lowest BCUT2D eigenvalue weighted by Gasteiger charge is -2.02. The lowest BCUT2D eigenvalue weighted by molar-refractivity contribution is 0.101. The first-order valence-corrected chi connectivity index (χ1v) is 10.1. The molecule has 1 amide bonds. The molecule has 0 unspecified atom stereocenters. The number of nitrogens with one attached hydrogen (secondary N) is 1. The van der Waals surface area contributed by atoms with E-state index >= 15 is 0 Å². The maximum atomic E-state index is 12.8. The van der Waals surface area contributed by atoms with Crippen molar-refractivity contribution in [1.29, 1.82) is 0 Å². The van der Waals surface area contributed by atoms with Crippen LogP contribution in [0.15, 0.2) is 34.5 Å². The SMILES string of the molecule is CS(=O)(=O)c1ccc2nc(NC(=O)c3sccc3C(F)F)sc2c1. The summed E-state index contributed by atoms with van der Waals surface area (Å²) in [7, 11) is -3.35. The molecule has 10 heteroatoms. The Morgan fingerprint density at radius 1 is 1.29 bits per heavy atom. The van der Waals surface area contributed by atoms with Gasteiger partial charge < -0.3 is 0 Å². The molecule has 5 nitrogen and oxygen atoms in total. The molecule has 0 bridgehead atoms. The molecule has 0 atom stereocenters. The summed E-state index contributed by atoms with van der Waals surface area (Å²) in [5.41, 5.74) is 0.195. The number of aromatic nitrogens is 1. The number of hydrogen-bond acceptors (Lipinski definition) is 6. The lowest BCUT2D eigenvalue weighted by Crippen LogP contribution is -2.12. The van der Waals surface area contributed by atoms with Crippen molar-refractivity contribution in [3.8, 4) is 0 Å². The van der Waals surface area contributed by atoms with Crippen molar-refractivity contribution in [2.24, 2.45) is 0 Å². The Bertz CT molecular complexity index is 1020. The highest BCUT2D eigenvalue weighted by atomic mass is 32.2. The first-order chi connectivity index (χ1) is 11.3. The largest absolute Gasteiger partial charge is 0.297 e. The van der Waals surface area contributed by atoms with Crippen LogP contribution in [0.5, 0.6) is 0 Å². The summed E-state index contributed by atoms with van der Waals surface area (Å²) >= 11 is 2.00. The molecule has 0 spiro atoms. The molecule has 1 aromatic carbocycles. The van der Waals surface area contributed by atoms with Crippen molar-refractivity contribution < 1.29 is 22.0 Å². The number of sulfone groups is 1. The standard InChI is InChI=1S/C14H10F2N2O3S3/c1-24(20,21)7-2-3-9-10(6-7)23-14(17-9)18-13(19)11-8(12(15)16)4-5-22-11/h2-6,12H,1H3,(H,17,18,19). The minimum Gasteiger partial charge on any atom is -0.297 e. The molecule has 0 fully saturated rings. The second kappa shape index (κ2) is 6.19. The Balaban J connectivity index is 1.90. The maximum absolute atomic E-state index is 12.8. The molecule has 2 aromatic heterocycles. The van der Waals surface area contributed by atoms with Gasteiger partial charge in [0.05, 0.1) is 15.1 Å². The third kappa shape index (κ3) is 3.30. The topological polar surface area (TPSA) is 76.1 Å². The van der Waals surface area contributed by atoms with Crippen molar-refractivity contribution in [1.82, 2.24) is 4.98 Å². The summed E-state index contributed by atoms with van der Waals surface area (Å²) in [5.74, 6) is -0.664. The maximum Gasteiger partial charge on any atom is 0.268 e. The first kappa shape index (κ1) is 16.9. The molecule has 3 rings (SSSR count). The van der Waals surface area contributed by atoms with E-state index < -0.39 is 22.2 Å². The van der Waals surface area contributed by atoms with E-state index in [4.69, 9.17) is 0 Å². The Labute approximate surface area is 143 Å². The molecule has 2 heterocycles. The number of nitrogens with zero attached hydrogens (tertiary/aromatic N) is 1. The van der Waals surface area contributed by atoms with Gasteiger partial charge in [0.1, 0.15) is 4.88 Å². The fraction of sp³-hybridized carbons (Fsp3) is 0.143. The van der Waals surface area contributed by atoms with E-state index in [0.717, 1.165) is 28.9 Å². The Morgan fingerprint density at radius 3 is 2.71 bits per heavy atom. The van der Waals surface area contributed by atoms with Crippen LogP contribution in [0, 0.1) is 0 Å². The number of carbonyl (C=O) groups excluding carboxylic acids is 1. The van der Waals surface area contributed by atoms with Crippen molar-refractivity contribution in [2.45, 2.75) is 11.3 Å². The van der Waals surface area contributed by atoms with Crippen LogP contribution < -0.4 is 5.32 Å². The van der Waals surface area contributed by atoms with Crippen molar-refractivity contribution in [2.75, 3.05) is 11.6 Å². The number of amides is 1. The normalized spacial score (nSPS) is 12.0. The summed E-state index contributed by atoms with van der Waals surface area (Å²) in [5, 5.41) is 4.12. The number of halogens is 2. The van der Waals surface area contributed by atoms with Crippen LogP contribution in [0.1, 0.15) is 21.7 Å². The van der Waals surface area contributed by atoms with E-state index in [-0.39, 0.29) is 20.5 Å². The number of benzene rings is 1. The summed E-state index contributed by atoms with van der Waals surface area (Å²) in [4.78, 5) is 16.4. The second-order valence-corrected chi connectivity index (χ2v) is 8.84. The number of thiazole rings is 1. The highest BCUT2D eigenvalue weighted by Crippen LogP contribution is 2.31. The van der Waals surface area contributed by atoms with Gasteiger partial charge in [-0.05, 0) is 29.6 Å². The number of carbonyl (C=O) groups is 1. The second-order valence-electron chi connectivity index (χ2n) is 4.88. The quantitative estimate of drug-likeness (QED) is 0.734. The van der Waals surface area contributed by atoms with Gasteiger partial charge in [-0.2, -0.15) is 0 Å². The van der Waals surface area contributed by atoms with Crippen LogP contribution in [0.4, 0.5) is 13.9 Å². The van der Waals surface area contributed by atoms with Crippen molar-refractivity contribution in [3.05, 3.63) is 40.1 Å². The van der Waals surface area contributed by atoms with Crippen LogP contribution in [-0.2, 0) is 9.84 Å². The lowest BCUT2D eigenvalue weighted by atomic mass is 10.2. The predicted molar refractivity (Wildman–Crippen MR) is 90.0 cm³/mol. The molecular formula is C14H10F2N2O3S3. The van der Waals surface area contributed by atoms with Gasteiger partial charge in [0.25, 0.3) is 12.3 Å². The zero-order valence-electron chi connectivity index (χ0n) is 12.1.